The Morgan fingerprint density at radius 2 is 1.47 bits per heavy atom. The Morgan fingerprint density at radius 1 is 0.889 bits per heavy atom. The number of carbonyl (C=O) groups is 1. The number of fused-ring (bicyclic) bond motifs is 2. The van der Waals surface area contributed by atoms with Gasteiger partial charge in [0.1, 0.15) is 0 Å². The SMILES string of the molecule is CCc1ccc(N/C(=N/c2nc(C)cc(C)n2)NC(=O)N2c3ccccc3Sc3ccccc32)cc1. The molecule has 180 valence electrons. The third kappa shape index (κ3) is 5.08. The first-order valence-corrected chi connectivity index (χ1v) is 12.6. The molecule has 0 spiro atoms. The summed E-state index contributed by atoms with van der Waals surface area (Å²) in [6, 6.07) is 25.3. The number of hydrogen-bond donors (Lipinski definition) is 2. The number of aliphatic imine (C=N–C) groups is 1. The fourth-order valence-electron chi connectivity index (χ4n) is 3.99. The van der Waals surface area contributed by atoms with Gasteiger partial charge in [-0.15, -0.1) is 0 Å². The summed E-state index contributed by atoms with van der Waals surface area (Å²) < 4.78 is 0. The zero-order valence-corrected chi connectivity index (χ0v) is 21.1. The summed E-state index contributed by atoms with van der Waals surface area (Å²) in [6.45, 7) is 5.89. The van der Waals surface area contributed by atoms with Crippen LogP contribution < -0.4 is 15.5 Å². The summed E-state index contributed by atoms with van der Waals surface area (Å²) in [7, 11) is 0. The maximum atomic E-state index is 13.8. The van der Waals surface area contributed by atoms with Crippen LogP contribution in [-0.4, -0.2) is 22.0 Å². The van der Waals surface area contributed by atoms with Crippen LogP contribution in [0.2, 0.25) is 0 Å². The number of nitrogens with one attached hydrogen (secondary N) is 2. The van der Waals surface area contributed by atoms with E-state index in [1.807, 2.05) is 92.7 Å². The fourth-order valence-corrected chi connectivity index (χ4v) is 5.04. The highest BCUT2D eigenvalue weighted by Gasteiger charge is 2.28. The molecule has 0 fully saturated rings. The third-order valence-corrected chi connectivity index (χ3v) is 6.80. The highest BCUT2D eigenvalue weighted by atomic mass is 32.2. The maximum Gasteiger partial charge on any atom is 0.333 e. The lowest BCUT2D eigenvalue weighted by Crippen LogP contribution is -2.44. The molecule has 4 aromatic rings. The number of benzene rings is 3. The van der Waals surface area contributed by atoms with Crippen molar-refractivity contribution in [3.8, 4) is 0 Å². The minimum atomic E-state index is -0.337. The monoisotopic (exact) mass is 494 g/mol. The molecule has 1 aliphatic rings. The second kappa shape index (κ2) is 10.2. The molecule has 36 heavy (non-hydrogen) atoms. The van der Waals surface area contributed by atoms with E-state index < -0.39 is 0 Å². The van der Waals surface area contributed by atoms with Crippen LogP contribution in [0.15, 0.2) is 93.6 Å². The number of para-hydroxylation sites is 2. The Hall–Kier alpha value is -4.17. The Balaban J connectivity index is 1.52. The Labute approximate surface area is 214 Å². The number of carbonyl (C=O) groups excluding carboxylic acids is 1. The van der Waals surface area contributed by atoms with E-state index in [9.17, 15) is 4.79 Å². The molecule has 0 unspecified atom stereocenters. The first-order chi connectivity index (χ1) is 17.5. The molecule has 0 atom stereocenters. The number of anilines is 3. The van der Waals surface area contributed by atoms with E-state index in [1.54, 1.807) is 16.7 Å². The van der Waals surface area contributed by atoms with Crippen LogP contribution in [-0.2, 0) is 6.42 Å². The zero-order valence-electron chi connectivity index (χ0n) is 20.3. The molecule has 2 N–H and O–H groups in total. The van der Waals surface area contributed by atoms with Gasteiger partial charge in [0.05, 0.1) is 11.4 Å². The molecule has 0 radical (unpaired) electrons. The highest BCUT2D eigenvalue weighted by molar-refractivity contribution is 7.99. The molecule has 1 aromatic heterocycles. The van der Waals surface area contributed by atoms with Crippen molar-refractivity contribution in [3.63, 3.8) is 0 Å². The minimum absolute atomic E-state index is 0.238. The summed E-state index contributed by atoms with van der Waals surface area (Å²) in [6.07, 6.45) is 0.945. The number of guanidine groups is 1. The van der Waals surface area contributed by atoms with Gasteiger partial charge in [-0.2, -0.15) is 4.99 Å². The minimum Gasteiger partial charge on any atom is -0.326 e. The summed E-state index contributed by atoms with van der Waals surface area (Å²) in [4.78, 5) is 30.9. The van der Waals surface area contributed by atoms with Crippen LogP contribution in [0.3, 0.4) is 0 Å². The van der Waals surface area contributed by atoms with Gasteiger partial charge < -0.3 is 5.32 Å². The lowest BCUT2D eigenvalue weighted by molar-refractivity contribution is 0.252. The topological polar surface area (TPSA) is 82.5 Å². The van der Waals surface area contributed by atoms with Gasteiger partial charge in [0.15, 0.2) is 0 Å². The predicted octanol–water partition coefficient (Wildman–Crippen LogP) is 6.77. The molecule has 2 heterocycles. The van der Waals surface area contributed by atoms with E-state index in [0.717, 1.165) is 44.7 Å². The lowest BCUT2D eigenvalue weighted by Gasteiger charge is -2.31. The average Bonchev–Trinajstić information content (AvgIpc) is 2.87. The Kier molecular flexibility index (Phi) is 6.69. The van der Waals surface area contributed by atoms with Crippen LogP contribution in [0.4, 0.5) is 27.8 Å². The molecule has 3 aromatic carbocycles. The predicted molar refractivity (Wildman–Crippen MR) is 146 cm³/mol. The van der Waals surface area contributed by atoms with Crippen LogP contribution in [0.25, 0.3) is 0 Å². The van der Waals surface area contributed by atoms with Crippen LogP contribution in [0.1, 0.15) is 23.9 Å². The van der Waals surface area contributed by atoms with Gasteiger partial charge >= 0.3 is 6.03 Å². The number of aromatic nitrogens is 2. The molecule has 0 saturated carbocycles. The van der Waals surface area contributed by atoms with E-state index in [4.69, 9.17) is 0 Å². The number of nitrogens with zero attached hydrogens (tertiary/aromatic N) is 4. The highest BCUT2D eigenvalue weighted by Crippen LogP contribution is 2.47. The quantitative estimate of drug-likeness (QED) is 0.243. The molecule has 5 rings (SSSR count). The van der Waals surface area contributed by atoms with Crippen LogP contribution in [0, 0.1) is 13.8 Å². The van der Waals surface area contributed by atoms with E-state index >= 15 is 0 Å². The number of amides is 2. The first-order valence-electron chi connectivity index (χ1n) is 11.7. The van der Waals surface area contributed by atoms with E-state index in [2.05, 4.69) is 32.5 Å². The van der Waals surface area contributed by atoms with Crippen LogP contribution >= 0.6 is 11.8 Å². The van der Waals surface area contributed by atoms with Crippen molar-refractivity contribution < 1.29 is 4.79 Å². The van der Waals surface area contributed by atoms with Gasteiger partial charge in [0.25, 0.3) is 5.95 Å². The van der Waals surface area contributed by atoms with Gasteiger partial charge in [0, 0.05) is 26.9 Å². The van der Waals surface area contributed by atoms with Crippen molar-refractivity contribution >= 4 is 46.8 Å². The van der Waals surface area contributed by atoms with Crippen LogP contribution in [0.5, 0.6) is 0 Å². The fraction of sp³-hybridized carbons (Fsp3) is 0.143. The van der Waals surface area contributed by atoms with Gasteiger partial charge in [0.2, 0.25) is 5.96 Å². The molecular weight excluding hydrogens is 468 g/mol. The van der Waals surface area contributed by atoms with Crippen molar-refractivity contribution in [2.24, 2.45) is 4.99 Å². The van der Waals surface area contributed by atoms with Gasteiger partial charge in [-0.25, -0.2) is 14.8 Å². The molecule has 1 aliphatic heterocycles. The van der Waals surface area contributed by atoms with Gasteiger partial charge in [-0.3, -0.25) is 10.2 Å². The molecule has 7 nitrogen and oxygen atoms in total. The second-order valence-corrected chi connectivity index (χ2v) is 9.47. The number of urea groups is 1. The molecule has 8 heteroatoms. The molecule has 0 bridgehead atoms. The number of aryl methyl sites for hydroxylation is 3. The smallest absolute Gasteiger partial charge is 0.326 e. The molecule has 0 aliphatic carbocycles. The lowest BCUT2D eigenvalue weighted by atomic mass is 10.1. The first kappa shape index (κ1) is 23.6. The van der Waals surface area contributed by atoms with E-state index in [0.29, 0.717) is 0 Å². The summed E-state index contributed by atoms with van der Waals surface area (Å²) in [5, 5.41) is 6.21. The Bertz CT molecular complexity index is 1390. The molecule has 2 amide bonds. The van der Waals surface area contributed by atoms with E-state index in [1.165, 1.54) is 5.56 Å². The van der Waals surface area contributed by atoms with Gasteiger partial charge in [-0.1, -0.05) is 55.1 Å². The van der Waals surface area contributed by atoms with Crippen molar-refractivity contribution in [1.29, 1.82) is 0 Å². The van der Waals surface area contributed by atoms with Crippen molar-refractivity contribution in [2.75, 3.05) is 10.2 Å². The van der Waals surface area contributed by atoms with Crippen molar-refractivity contribution in [2.45, 2.75) is 37.0 Å². The number of hydrogen-bond acceptors (Lipinski definition) is 5. The van der Waals surface area contributed by atoms with Gasteiger partial charge in [-0.05, 0) is 68.3 Å². The van der Waals surface area contributed by atoms with E-state index in [-0.39, 0.29) is 17.9 Å². The normalized spacial score (nSPS) is 12.5. The summed E-state index contributed by atoms with van der Waals surface area (Å²) in [5.41, 5.74) is 5.25. The number of rotatable bonds is 3. The average molecular weight is 495 g/mol. The molecular formula is C28H26N6OS. The van der Waals surface area contributed by atoms with Crippen molar-refractivity contribution in [1.82, 2.24) is 15.3 Å². The third-order valence-electron chi connectivity index (χ3n) is 5.67. The zero-order chi connectivity index (χ0) is 25.1. The maximum absolute atomic E-state index is 13.8. The Morgan fingerprint density at radius 3 is 2.06 bits per heavy atom. The molecule has 0 saturated heterocycles. The summed E-state index contributed by atoms with van der Waals surface area (Å²) >= 11 is 1.65. The second-order valence-electron chi connectivity index (χ2n) is 8.39. The van der Waals surface area contributed by atoms with Crippen molar-refractivity contribution in [3.05, 3.63) is 95.8 Å². The summed E-state index contributed by atoms with van der Waals surface area (Å²) in [5.74, 6) is 0.512. The largest absolute Gasteiger partial charge is 0.333 e. The standard InChI is InChI=1S/C28H26N6OS/c1-4-20-13-15-21(16-14-20)31-27(32-26-29-18(2)17-19(3)30-26)33-28(35)34-22-9-5-7-11-24(22)36-25-12-8-6-10-23(25)34/h5-17H,4H2,1-3H3,(H2,29,30,31,32,33,35).